The molecule has 0 heterocycles. The van der Waals surface area contributed by atoms with E-state index in [0.29, 0.717) is 24.0 Å². The Kier molecular flexibility index (Phi) is 10.6. The molecule has 2 rings (SSSR count). The van der Waals surface area contributed by atoms with Crippen molar-refractivity contribution in [1.82, 2.24) is 0 Å². The van der Waals surface area contributed by atoms with Crippen LogP contribution in [-0.4, -0.2) is 39.9 Å². The fourth-order valence-electron chi connectivity index (χ4n) is 3.47. The van der Waals surface area contributed by atoms with Crippen LogP contribution >= 0.6 is 0 Å². The van der Waals surface area contributed by atoms with Gasteiger partial charge in [0.15, 0.2) is 5.78 Å². The zero-order valence-corrected chi connectivity index (χ0v) is 17.2. The van der Waals surface area contributed by atoms with E-state index in [1.54, 1.807) is 24.3 Å². The molecular formula is C25H34O4. The molecule has 0 radical (unpaired) electrons. The van der Waals surface area contributed by atoms with E-state index in [-0.39, 0.29) is 12.4 Å². The Labute approximate surface area is 174 Å². The molecule has 4 nitrogen and oxygen atoms in total. The highest BCUT2D eigenvalue weighted by atomic mass is 16.3. The Hall–Kier alpha value is -2.01. The second-order valence-electron chi connectivity index (χ2n) is 7.72. The van der Waals surface area contributed by atoms with Crippen LogP contribution in [0.3, 0.4) is 0 Å². The molecule has 0 saturated heterocycles. The van der Waals surface area contributed by atoms with Crippen molar-refractivity contribution in [2.45, 2.75) is 70.0 Å². The minimum Gasteiger partial charge on any atom is -0.396 e. The molecule has 158 valence electrons. The van der Waals surface area contributed by atoms with E-state index in [1.165, 1.54) is 0 Å². The van der Waals surface area contributed by atoms with Gasteiger partial charge in [-0.05, 0) is 18.4 Å². The minimum atomic E-state index is -0.796. The molecule has 29 heavy (non-hydrogen) atoms. The van der Waals surface area contributed by atoms with E-state index in [0.717, 1.165) is 50.5 Å². The van der Waals surface area contributed by atoms with E-state index >= 15 is 0 Å². The van der Waals surface area contributed by atoms with Crippen LogP contribution in [0.25, 0.3) is 0 Å². The van der Waals surface area contributed by atoms with Gasteiger partial charge in [0.05, 0.1) is 12.2 Å². The van der Waals surface area contributed by atoms with Gasteiger partial charge in [-0.25, -0.2) is 0 Å². The summed E-state index contributed by atoms with van der Waals surface area (Å²) in [6.45, 7) is 0.274. The molecule has 0 aromatic heterocycles. The number of carbonyl (C=O) groups excluding carboxylic acids is 1. The molecule has 0 aliphatic rings. The second-order valence-corrected chi connectivity index (χ2v) is 7.72. The van der Waals surface area contributed by atoms with Crippen LogP contribution in [0.4, 0.5) is 0 Å². The first kappa shape index (κ1) is 23.3. The molecular weight excluding hydrogens is 364 g/mol. The smallest absolute Gasteiger partial charge is 0.193 e. The first-order valence-corrected chi connectivity index (χ1v) is 10.8. The quantitative estimate of drug-likeness (QED) is 0.328. The van der Waals surface area contributed by atoms with Gasteiger partial charge < -0.3 is 15.3 Å². The van der Waals surface area contributed by atoms with Gasteiger partial charge in [0, 0.05) is 24.2 Å². The van der Waals surface area contributed by atoms with E-state index < -0.39 is 12.2 Å². The number of hydrogen-bond acceptors (Lipinski definition) is 4. The fraction of sp³-hybridized carbons (Fsp3) is 0.480. The first-order chi connectivity index (χ1) is 14.1. The number of rotatable bonds is 14. The van der Waals surface area contributed by atoms with Gasteiger partial charge in [-0.2, -0.15) is 0 Å². The summed E-state index contributed by atoms with van der Waals surface area (Å²) in [6.07, 6.45) is 6.81. The standard InChI is InChI=1S/C25H34O4/c26-18-10-5-3-1-2-4-9-13-23(27)24(28)19-20-14-16-22(17-15-20)25(29)21-11-7-6-8-12-21/h6-8,11-12,14-17,23-24,26-28H,1-5,9-10,13,18-19H2. The molecule has 0 aliphatic heterocycles. The Bertz CT molecular complexity index is 697. The summed E-state index contributed by atoms with van der Waals surface area (Å²) in [5, 5.41) is 29.2. The first-order valence-electron chi connectivity index (χ1n) is 10.8. The predicted molar refractivity (Wildman–Crippen MR) is 116 cm³/mol. The van der Waals surface area contributed by atoms with Crippen LogP contribution in [0, 0.1) is 0 Å². The summed E-state index contributed by atoms with van der Waals surface area (Å²) in [5.41, 5.74) is 2.18. The summed E-state index contributed by atoms with van der Waals surface area (Å²) in [7, 11) is 0. The average Bonchev–Trinajstić information content (AvgIpc) is 2.76. The minimum absolute atomic E-state index is 0.0194. The van der Waals surface area contributed by atoms with Crippen LogP contribution in [0.1, 0.15) is 72.9 Å². The number of aliphatic hydroxyl groups excluding tert-OH is 3. The predicted octanol–water partition coefficient (Wildman–Crippen LogP) is 4.30. The number of unbranched alkanes of at least 4 members (excludes halogenated alkanes) is 6. The lowest BCUT2D eigenvalue weighted by Crippen LogP contribution is -2.27. The lowest BCUT2D eigenvalue weighted by Gasteiger charge is -2.18. The highest BCUT2D eigenvalue weighted by Gasteiger charge is 2.17. The van der Waals surface area contributed by atoms with Crippen molar-refractivity contribution in [3.05, 3.63) is 71.3 Å². The Balaban J connectivity index is 1.70. The van der Waals surface area contributed by atoms with E-state index in [2.05, 4.69) is 0 Å². The van der Waals surface area contributed by atoms with Crippen molar-refractivity contribution in [2.24, 2.45) is 0 Å². The molecule has 2 unspecified atom stereocenters. The Morgan fingerprint density at radius 2 is 1.24 bits per heavy atom. The number of benzene rings is 2. The summed E-state index contributed by atoms with van der Waals surface area (Å²) in [4.78, 5) is 12.4. The van der Waals surface area contributed by atoms with E-state index in [1.807, 2.05) is 30.3 Å². The summed E-state index contributed by atoms with van der Waals surface area (Å²) >= 11 is 0. The van der Waals surface area contributed by atoms with Crippen LogP contribution in [0.15, 0.2) is 54.6 Å². The lowest BCUT2D eigenvalue weighted by atomic mass is 9.97. The van der Waals surface area contributed by atoms with Crippen molar-refractivity contribution in [3.63, 3.8) is 0 Å². The van der Waals surface area contributed by atoms with Gasteiger partial charge in [0.25, 0.3) is 0 Å². The summed E-state index contributed by atoms with van der Waals surface area (Å²) in [6, 6.07) is 16.4. The van der Waals surface area contributed by atoms with Gasteiger partial charge in [-0.1, -0.05) is 93.1 Å². The lowest BCUT2D eigenvalue weighted by molar-refractivity contribution is 0.0137. The summed E-state index contributed by atoms with van der Waals surface area (Å²) < 4.78 is 0. The number of carbonyl (C=O) groups is 1. The average molecular weight is 399 g/mol. The molecule has 0 amide bonds. The number of aliphatic hydroxyl groups is 3. The van der Waals surface area contributed by atoms with Crippen LogP contribution in [0.5, 0.6) is 0 Å². The number of ketones is 1. The van der Waals surface area contributed by atoms with Crippen LogP contribution in [0.2, 0.25) is 0 Å². The van der Waals surface area contributed by atoms with Gasteiger partial charge in [-0.15, -0.1) is 0 Å². The highest BCUT2D eigenvalue weighted by molar-refractivity contribution is 6.08. The molecule has 4 heteroatoms. The van der Waals surface area contributed by atoms with Crippen LogP contribution in [-0.2, 0) is 6.42 Å². The largest absolute Gasteiger partial charge is 0.396 e. The SMILES string of the molecule is O=C(c1ccccc1)c1ccc(CC(O)C(O)CCCCCCCCCO)cc1. The maximum atomic E-state index is 12.4. The zero-order chi connectivity index (χ0) is 20.9. The van der Waals surface area contributed by atoms with Gasteiger partial charge in [0.1, 0.15) is 0 Å². The number of hydrogen-bond donors (Lipinski definition) is 3. The summed E-state index contributed by atoms with van der Waals surface area (Å²) in [5.74, 6) is -0.0194. The highest BCUT2D eigenvalue weighted by Crippen LogP contribution is 2.16. The molecule has 0 saturated carbocycles. The van der Waals surface area contributed by atoms with Gasteiger partial charge in [-0.3, -0.25) is 4.79 Å². The molecule has 2 aromatic carbocycles. The second kappa shape index (κ2) is 13.3. The third-order valence-electron chi connectivity index (χ3n) is 5.30. The molecule has 0 bridgehead atoms. The van der Waals surface area contributed by atoms with Crippen molar-refractivity contribution in [1.29, 1.82) is 0 Å². The molecule has 3 N–H and O–H groups in total. The molecule has 2 aromatic rings. The molecule has 2 atom stereocenters. The van der Waals surface area contributed by atoms with Crippen molar-refractivity contribution >= 4 is 5.78 Å². The zero-order valence-electron chi connectivity index (χ0n) is 17.2. The molecule has 0 spiro atoms. The van der Waals surface area contributed by atoms with Crippen LogP contribution < -0.4 is 0 Å². The normalized spacial score (nSPS) is 13.2. The van der Waals surface area contributed by atoms with Crippen molar-refractivity contribution < 1.29 is 20.1 Å². The molecule has 0 aliphatic carbocycles. The van der Waals surface area contributed by atoms with Gasteiger partial charge >= 0.3 is 0 Å². The monoisotopic (exact) mass is 398 g/mol. The van der Waals surface area contributed by atoms with Crippen molar-refractivity contribution in [2.75, 3.05) is 6.61 Å². The molecule has 0 fully saturated rings. The van der Waals surface area contributed by atoms with Gasteiger partial charge in [0.2, 0.25) is 0 Å². The van der Waals surface area contributed by atoms with Crippen molar-refractivity contribution in [3.8, 4) is 0 Å². The van der Waals surface area contributed by atoms with E-state index in [9.17, 15) is 15.0 Å². The maximum Gasteiger partial charge on any atom is 0.193 e. The third-order valence-corrected chi connectivity index (χ3v) is 5.30. The Morgan fingerprint density at radius 1 is 0.690 bits per heavy atom. The fourth-order valence-corrected chi connectivity index (χ4v) is 3.47. The van der Waals surface area contributed by atoms with E-state index in [4.69, 9.17) is 5.11 Å². The Morgan fingerprint density at radius 3 is 1.86 bits per heavy atom. The third kappa shape index (κ3) is 8.48. The maximum absolute atomic E-state index is 12.4. The topological polar surface area (TPSA) is 77.8 Å².